The number of aliphatic hydroxyl groups is 1. The van der Waals surface area contributed by atoms with Crippen LogP contribution in [-0.2, 0) is 47.9 Å². The lowest BCUT2D eigenvalue weighted by Gasteiger charge is -2.28. The maximum atomic E-state index is 13.8. The first kappa shape index (κ1) is 56.7. The van der Waals surface area contributed by atoms with Crippen molar-refractivity contribution in [3.8, 4) is 0 Å². The van der Waals surface area contributed by atoms with Crippen molar-refractivity contribution in [2.75, 3.05) is 29.8 Å². The van der Waals surface area contributed by atoms with Gasteiger partial charge in [0, 0.05) is 18.6 Å². The molecule has 0 heterocycles. The van der Waals surface area contributed by atoms with E-state index < -0.39 is 139 Å². The third kappa shape index (κ3) is 22.9. The zero-order chi connectivity index (χ0) is 47.0. The van der Waals surface area contributed by atoms with Crippen molar-refractivity contribution in [2.45, 2.75) is 127 Å². The maximum Gasteiger partial charge on any atom is 0.327 e. The van der Waals surface area contributed by atoms with Crippen molar-refractivity contribution in [3.63, 3.8) is 0 Å². The summed E-state index contributed by atoms with van der Waals surface area (Å²) in [5.74, 6) is -10.1. The molecule has 0 saturated carbocycles. The van der Waals surface area contributed by atoms with Gasteiger partial charge in [-0.3, -0.25) is 43.2 Å². The predicted molar refractivity (Wildman–Crippen MR) is 230 cm³/mol. The molecule has 0 spiro atoms. The van der Waals surface area contributed by atoms with Crippen molar-refractivity contribution in [3.05, 3.63) is 0 Å². The third-order valence-corrected chi connectivity index (χ3v) is 10.4. The summed E-state index contributed by atoms with van der Waals surface area (Å²) >= 11 is 6.49. The molecule has 0 radical (unpaired) electrons. The number of aliphatic carboxylic acids is 3. The smallest absolute Gasteiger partial charge is 0.327 e. The zero-order valence-electron chi connectivity index (χ0n) is 35.1. The average molecular weight is 927 g/mol. The molecule has 0 aromatic heterocycles. The number of carbonyl (C=O) groups excluding carboxylic acids is 7. The number of carbonyl (C=O) groups is 10. The van der Waals surface area contributed by atoms with Crippen LogP contribution in [0.15, 0.2) is 0 Å². The molecule has 25 heteroatoms. The highest BCUT2D eigenvalue weighted by atomic mass is 32.2. The standard InChI is InChI=1S/C36H62N8O14S3/c1-17(2)15-20(37)30(51)39-21(7-9-26(46)47)31(52)40-22(8-10-27(48)49)32(53)41-23(11-13-60-5)33(54)42-24(12-14-61-6)34(55)44-28(19(4)45)35(56)38-18(3)29(50)43-25(16-59)36(57)58/h17-25,28,45,59H,7-16,37H2,1-6H3,(H,38,56)(H,39,51)(H,40,52)(H,41,53)(H,42,54)(H,43,50)(H,44,55)(H,46,47)(H,48,49)(H,57,58). The fraction of sp³-hybridized carbons (Fsp3) is 0.722. The molecule has 348 valence electrons. The van der Waals surface area contributed by atoms with E-state index in [1.807, 2.05) is 13.8 Å². The SMILES string of the molecule is CSCCC(NC(=O)C(CCC(=O)O)NC(=O)C(CCC(=O)O)NC(=O)C(N)CC(C)C)C(=O)NC(CCSC)C(=O)NC(C(=O)NC(C)C(=O)NC(CS)C(=O)O)C(C)O. The van der Waals surface area contributed by atoms with Gasteiger partial charge >= 0.3 is 17.9 Å². The summed E-state index contributed by atoms with van der Waals surface area (Å²) in [6.07, 6.45) is 0.0767. The molecule has 0 fully saturated rings. The monoisotopic (exact) mass is 926 g/mol. The minimum absolute atomic E-state index is 0.00321. The van der Waals surface area contributed by atoms with Gasteiger partial charge in [-0.1, -0.05) is 13.8 Å². The Kier molecular flexibility index (Phi) is 27.7. The molecule has 0 aromatic carbocycles. The van der Waals surface area contributed by atoms with Crippen LogP contribution in [-0.4, -0.2) is 164 Å². The van der Waals surface area contributed by atoms with Gasteiger partial charge in [-0.2, -0.15) is 36.2 Å². The maximum absolute atomic E-state index is 13.8. The first-order valence-electron chi connectivity index (χ1n) is 19.3. The van der Waals surface area contributed by atoms with E-state index in [2.05, 4.69) is 49.8 Å². The zero-order valence-corrected chi connectivity index (χ0v) is 37.6. The Hall–Kier alpha value is -4.33. The number of carboxylic acids is 3. The summed E-state index contributed by atoms with van der Waals surface area (Å²) in [5, 5.41) is 54.9. The summed E-state index contributed by atoms with van der Waals surface area (Å²) in [5.41, 5.74) is 5.94. The molecular weight excluding hydrogens is 865 g/mol. The summed E-state index contributed by atoms with van der Waals surface area (Å²) in [7, 11) is 0. The van der Waals surface area contributed by atoms with Crippen molar-refractivity contribution < 1.29 is 68.4 Å². The topological polar surface area (TPSA) is 362 Å². The van der Waals surface area contributed by atoms with E-state index in [0.29, 0.717) is 11.5 Å². The number of nitrogens with one attached hydrogen (secondary N) is 7. The van der Waals surface area contributed by atoms with Crippen LogP contribution >= 0.6 is 36.2 Å². The third-order valence-electron chi connectivity index (χ3n) is 8.72. The van der Waals surface area contributed by atoms with Crippen LogP contribution in [0.3, 0.4) is 0 Å². The molecule has 0 saturated heterocycles. The van der Waals surface area contributed by atoms with E-state index in [1.165, 1.54) is 37.4 Å². The lowest BCUT2D eigenvalue weighted by molar-refractivity contribution is -0.141. The number of nitrogens with two attached hydrogens (primary N) is 1. The quantitative estimate of drug-likeness (QED) is 0.0317. The predicted octanol–water partition coefficient (Wildman–Crippen LogP) is -2.60. The molecule has 0 aliphatic heterocycles. The molecule has 22 nitrogen and oxygen atoms in total. The molecule has 9 atom stereocenters. The molecule has 0 aliphatic carbocycles. The Morgan fingerprint density at radius 3 is 1.26 bits per heavy atom. The highest BCUT2D eigenvalue weighted by Crippen LogP contribution is 2.10. The van der Waals surface area contributed by atoms with Crippen LogP contribution in [0.2, 0.25) is 0 Å². The van der Waals surface area contributed by atoms with E-state index in [0.717, 1.165) is 0 Å². The number of amides is 7. The van der Waals surface area contributed by atoms with Gasteiger partial charge in [0.1, 0.15) is 42.3 Å². The Balaban J connectivity index is 6.34. The minimum Gasteiger partial charge on any atom is -0.481 e. The fourth-order valence-corrected chi connectivity index (χ4v) is 6.49. The molecule has 7 amide bonds. The van der Waals surface area contributed by atoms with Gasteiger partial charge in [-0.15, -0.1) is 0 Å². The van der Waals surface area contributed by atoms with Gasteiger partial charge in [0.05, 0.1) is 12.1 Å². The first-order chi connectivity index (χ1) is 28.5. The van der Waals surface area contributed by atoms with Crippen LogP contribution < -0.4 is 43.0 Å². The number of rotatable bonds is 31. The summed E-state index contributed by atoms with van der Waals surface area (Å²) < 4.78 is 0. The second-order valence-corrected chi connectivity index (χ2v) is 16.8. The molecule has 61 heavy (non-hydrogen) atoms. The van der Waals surface area contributed by atoms with Crippen molar-refractivity contribution in [1.29, 1.82) is 0 Å². The highest BCUT2D eigenvalue weighted by Gasteiger charge is 2.35. The van der Waals surface area contributed by atoms with Gasteiger partial charge in [0.15, 0.2) is 0 Å². The lowest BCUT2D eigenvalue weighted by Crippen LogP contribution is -2.61. The highest BCUT2D eigenvalue weighted by molar-refractivity contribution is 7.98. The van der Waals surface area contributed by atoms with Crippen LogP contribution in [0.5, 0.6) is 0 Å². The van der Waals surface area contributed by atoms with Gasteiger partial charge in [-0.05, 0) is 75.9 Å². The van der Waals surface area contributed by atoms with Crippen molar-refractivity contribution in [2.24, 2.45) is 11.7 Å². The van der Waals surface area contributed by atoms with Gasteiger partial charge in [0.2, 0.25) is 41.4 Å². The number of thioether (sulfide) groups is 2. The number of hydrogen-bond donors (Lipinski definition) is 13. The molecule has 0 aromatic rings. The van der Waals surface area contributed by atoms with Crippen LogP contribution in [0.25, 0.3) is 0 Å². The van der Waals surface area contributed by atoms with E-state index in [1.54, 1.807) is 12.5 Å². The average Bonchev–Trinajstić information content (AvgIpc) is 3.17. The van der Waals surface area contributed by atoms with E-state index in [4.69, 9.17) is 5.73 Å². The number of hydrogen-bond acceptors (Lipinski definition) is 15. The van der Waals surface area contributed by atoms with Gasteiger partial charge < -0.3 is 63.4 Å². The number of thiol groups is 1. The first-order valence-corrected chi connectivity index (χ1v) is 22.7. The summed E-state index contributed by atoms with van der Waals surface area (Å²) in [4.78, 5) is 127. The van der Waals surface area contributed by atoms with Crippen molar-refractivity contribution >= 4 is 95.4 Å². The largest absolute Gasteiger partial charge is 0.481 e. The Bertz CT molecular complexity index is 1530. The Morgan fingerprint density at radius 1 is 0.541 bits per heavy atom. The van der Waals surface area contributed by atoms with Crippen LogP contribution in [0.4, 0.5) is 0 Å². The van der Waals surface area contributed by atoms with Crippen molar-refractivity contribution in [1.82, 2.24) is 37.2 Å². The van der Waals surface area contributed by atoms with Gasteiger partial charge in [0.25, 0.3) is 0 Å². The fourth-order valence-electron chi connectivity index (χ4n) is 5.30. The molecule has 0 rings (SSSR count). The molecule has 0 bridgehead atoms. The van der Waals surface area contributed by atoms with E-state index >= 15 is 0 Å². The molecule has 0 aliphatic rings. The second-order valence-electron chi connectivity index (χ2n) is 14.4. The molecular formula is C36H62N8O14S3. The Labute approximate surface area is 368 Å². The minimum atomic E-state index is -1.66. The van der Waals surface area contributed by atoms with Gasteiger partial charge in [-0.25, -0.2) is 4.79 Å². The molecule has 9 unspecified atom stereocenters. The van der Waals surface area contributed by atoms with Crippen LogP contribution in [0, 0.1) is 5.92 Å². The second kappa shape index (κ2) is 29.8. The Morgan fingerprint density at radius 2 is 0.918 bits per heavy atom. The lowest BCUT2D eigenvalue weighted by atomic mass is 10.0. The summed E-state index contributed by atoms with van der Waals surface area (Å²) in [6.45, 7) is 6.06. The summed E-state index contributed by atoms with van der Waals surface area (Å²) in [6, 6.07) is -11.2. The van der Waals surface area contributed by atoms with E-state index in [-0.39, 0.29) is 30.9 Å². The molecule has 13 N–H and O–H groups in total. The normalized spacial score (nSPS) is 15.5. The van der Waals surface area contributed by atoms with E-state index in [9.17, 15) is 68.4 Å². The van der Waals surface area contributed by atoms with Crippen LogP contribution in [0.1, 0.15) is 72.6 Å². The number of carboxylic acid groups (broad SMARTS) is 3. The number of aliphatic hydroxyl groups excluding tert-OH is 1.